The summed E-state index contributed by atoms with van der Waals surface area (Å²) in [6, 6.07) is 0. The monoisotopic (exact) mass is 238 g/mol. The van der Waals surface area contributed by atoms with Crippen LogP contribution in [-0.2, 0) is 4.74 Å². The molecule has 0 atom stereocenters. The first kappa shape index (κ1) is 6.36. The molecule has 3 heteroatoms. The molecule has 0 aromatic heterocycles. The molecular weight excluding hydrogens is 236 g/mol. The van der Waals surface area contributed by atoms with E-state index in [1.807, 2.05) is 0 Å². The van der Waals surface area contributed by atoms with Crippen molar-refractivity contribution < 1.29 is 4.74 Å². The molecule has 1 heterocycles. The van der Waals surface area contributed by atoms with Gasteiger partial charge < -0.3 is 4.74 Å². The first-order valence-corrected chi connectivity index (χ1v) is 3.72. The normalized spacial score (nSPS) is 18.8. The number of rotatable bonds is 0. The minimum atomic E-state index is 0.903. The molecule has 0 saturated heterocycles. The highest BCUT2D eigenvalue weighted by molar-refractivity contribution is 9.12. The number of allylic oxidation sites excluding steroid dienone is 2. The fourth-order valence-electron chi connectivity index (χ4n) is 0.426. The molecule has 0 spiro atoms. The minimum absolute atomic E-state index is 0.903. The predicted molar refractivity (Wildman–Crippen MR) is 39.7 cm³/mol. The SMILES string of the molecule is BrC1=COC=C(Br)C1. The van der Waals surface area contributed by atoms with E-state index in [2.05, 4.69) is 31.9 Å². The lowest BCUT2D eigenvalue weighted by atomic mass is 10.4. The van der Waals surface area contributed by atoms with Crippen LogP contribution in [0.4, 0.5) is 0 Å². The van der Waals surface area contributed by atoms with Crippen molar-refractivity contribution in [2.24, 2.45) is 0 Å². The summed E-state index contributed by atoms with van der Waals surface area (Å²) in [5.41, 5.74) is 0. The number of ether oxygens (including phenoxy) is 1. The molecule has 1 rings (SSSR count). The second-order valence-corrected chi connectivity index (χ2v) is 3.48. The standard InChI is InChI=1S/C5H4Br2O/c6-4-1-5(7)3-8-2-4/h2-3H,1H2. The fraction of sp³-hybridized carbons (Fsp3) is 0.200. The summed E-state index contributed by atoms with van der Waals surface area (Å²) in [5.74, 6) is 0. The molecule has 44 valence electrons. The quantitative estimate of drug-likeness (QED) is 0.632. The van der Waals surface area contributed by atoms with Gasteiger partial charge in [0, 0.05) is 15.4 Å². The van der Waals surface area contributed by atoms with Crippen molar-refractivity contribution in [2.75, 3.05) is 0 Å². The Morgan fingerprint density at radius 1 is 1.25 bits per heavy atom. The van der Waals surface area contributed by atoms with Gasteiger partial charge in [0.1, 0.15) is 12.5 Å². The highest BCUT2D eigenvalue weighted by Gasteiger charge is 2.00. The summed E-state index contributed by atoms with van der Waals surface area (Å²) in [7, 11) is 0. The second kappa shape index (κ2) is 2.69. The molecule has 1 nitrogen and oxygen atoms in total. The molecule has 0 amide bonds. The van der Waals surface area contributed by atoms with Gasteiger partial charge in [0.2, 0.25) is 0 Å². The summed E-state index contributed by atoms with van der Waals surface area (Å²) < 4.78 is 7.00. The Bertz CT molecular complexity index is 133. The number of halogens is 2. The van der Waals surface area contributed by atoms with Crippen LogP contribution in [0.3, 0.4) is 0 Å². The van der Waals surface area contributed by atoms with Crippen LogP contribution in [0.2, 0.25) is 0 Å². The Morgan fingerprint density at radius 3 is 2.00 bits per heavy atom. The third kappa shape index (κ3) is 1.63. The van der Waals surface area contributed by atoms with Crippen LogP contribution in [0.1, 0.15) is 6.42 Å². The van der Waals surface area contributed by atoms with Gasteiger partial charge in [-0.3, -0.25) is 0 Å². The maximum Gasteiger partial charge on any atom is 0.101 e. The second-order valence-electron chi connectivity index (χ2n) is 1.44. The lowest BCUT2D eigenvalue weighted by molar-refractivity contribution is 0.391. The third-order valence-electron chi connectivity index (χ3n) is 0.730. The Kier molecular flexibility index (Phi) is 2.14. The zero-order valence-electron chi connectivity index (χ0n) is 4.03. The average molecular weight is 240 g/mol. The average Bonchev–Trinajstić information content (AvgIpc) is 1.64. The van der Waals surface area contributed by atoms with Crippen molar-refractivity contribution in [3.63, 3.8) is 0 Å². The molecule has 8 heavy (non-hydrogen) atoms. The van der Waals surface area contributed by atoms with Crippen molar-refractivity contribution in [3.8, 4) is 0 Å². The van der Waals surface area contributed by atoms with Gasteiger partial charge in [0.25, 0.3) is 0 Å². The molecule has 0 radical (unpaired) electrons. The molecular formula is C5H4Br2O. The molecule has 0 saturated carbocycles. The topological polar surface area (TPSA) is 9.23 Å². The highest BCUT2D eigenvalue weighted by atomic mass is 79.9. The Hall–Kier alpha value is 0.240. The van der Waals surface area contributed by atoms with Crippen molar-refractivity contribution in [1.82, 2.24) is 0 Å². The van der Waals surface area contributed by atoms with E-state index in [0.29, 0.717) is 0 Å². The van der Waals surface area contributed by atoms with Crippen LogP contribution < -0.4 is 0 Å². The fourth-order valence-corrected chi connectivity index (χ4v) is 1.62. The van der Waals surface area contributed by atoms with Gasteiger partial charge in [0.05, 0.1) is 0 Å². The van der Waals surface area contributed by atoms with E-state index >= 15 is 0 Å². The molecule has 0 fully saturated rings. The van der Waals surface area contributed by atoms with Crippen LogP contribution in [-0.4, -0.2) is 0 Å². The maximum absolute atomic E-state index is 4.88. The molecule has 0 N–H and O–H groups in total. The van der Waals surface area contributed by atoms with E-state index in [9.17, 15) is 0 Å². The lowest BCUT2D eigenvalue weighted by Gasteiger charge is -2.03. The van der Waals surface area contributed by atoms with Gasteiger partial charge in [0.15, 0.2) is 0 Å². The summed E-state index contributed by atoms with van der Waals surface area (Å²) in [5, 5.41) is 0. The van der Waals surface area contributed by atoms with Gasteiger partial charge >= 0.3 is 0 Å². The van der Waals surface area contributed by atoms with Crippen molar-refractivity contribution in [2.45, 2.75) is 6.42 Å². The largest absolute Gasteiger partial charge is 0.471 e. The highest BCUT2D eigenvalue weighted by Crippen LogP contribution is 2.24. The minimum Gasteiger partial charge on any atom is -0.471 e. The molecule has 0 aromatic rings. The maximum atomic E-state index is 4.88. The Labute approximate surface area is 64.7 Å². The van der Waals surface area contributed by atoms with Crippen LogP contribution in [0.15, 0.2) is 21.5 Å². The smallest absolute Gasteiger partial charge is 0.101 e. The van der Waals surface area contributed by atoms with Crippen LogP contribution in [0, 0.1) is 0 Å². The Morgan fingerprint density at radius 2 is 1.75 bits per heavy atom. The Balaban J connectivity index is 2.57. The molecule has 0 aliphatic carbocycles. The zero-order chi connectivity index (χ0) is 5.98. The summed E-state index contributed by atoms with van der Waals surface area (Å²) in [6.45, 7) is 0. The van der Waals surface area contributed by atoms with Crippen LogP contribution in [0.25, 0.3) is 0 Å². The molecule has 1 aliphatic heterocycles. The molecule has 0 aromatic carbocycles. The van der Waals surface area contributed by atoms with E-state index in [1.165, 1.54) is 0 Å². The van der Waals surface area contributed by atoms with E-state index in [0.717, 1.165) is 15.4 Å². The van der Waals surface area contributed by atoms with Gasteiger partial charge in [-0.05, 0) is 0 Å². The van der Waals surface area contributed by atoms with E-state index in [4.69, 9.17) is 4.74 Å². The number of hydrogen-bond acceptors (Lipinski definition) is 1. The van der Waals surface area contributed by atoms with Gasteiger partial charge in [-0.1, -0.05) is 31.9 Å². The van der Waals surface area contributed by atoms with E-state index in [-0.39, 0.29) is 0 Å². The third-order valence-corrected chi connectivity index (χ3v) is 1.66. The summed E-state index contributed by atoms with van der Waals surface area (Å²) >= 11 is 6.59. The van der Waals surface area contributed by atoms with Gasteiger partial charge in [-0.2, -0.15) is 0 Å². The molecule has 0 unspecified atom stereocenters. The number of hydrogen-bond donors (Lipinski definition) is 0. The van der Waals surface area contributed by atoms with Crippen LogP contribution in [0.5, 0.6) is 0 Å². The predicted octanol–water partition coefficient (Wildman–Crippen LogP) is 2.88. The van der Waals surface area contributed by atoms with Crippen molar-refractivity contribution in [1.29, 1.82) is 0 Å². The zero-order valence-corrected chi connectivity index (χ0v) is 7.20. The lowest BCUT2D eigenvalue weighted by Crippen LogP contribution is -1.83. The summed E-state index contributed by atoms with van der Waals surface area (Å²) in [4.78, 5) is 0. The summed E-state index contributed by atoms with van der Waals surface area (Å²) in [6.07, 6.45) is 4.25. The van der Waals surface area contributed by atoms with E-state index in [1.54, 1.807) is 12.5 Å². The molecule has 0 bridgehead atoms. The first-order chi connectivity index (χ1) is 3.79. The van der Waals surface area contributed by atoms with Crippen molar-refractivity contribution in [3.05, 3.63) is 21.5 Å². The van der Waals surface area contributed by atoms with Crippen molar-refractivity contribution >= 4 is 31.9 Å². The van der Waals surface area contributed by atoms with Crippen LogP contribution >= 0.6 is 31.9 Å². The van der Waals surface area contributed by atoms with E-state index < -0.39 is 0 Å². The first-order valence-electron chi connectivity index (χ1n) is 2.13. The van der Waals surface area contributed by atoms with Gasteiger partial charge in [-0.25, -0.2) is 0 Å². The van der Waals surface area contributed by atoms with Gasteiger partial charge in [-0.15, -0.1) is 0 Å². The molecule has 1 aliphatic rings.